The van der Waals surface area contributed by atoms with Crippen LogP contribution in [0.25, 0.3) is 0 Å². The molecule has 0 N–H and O–H groups in total. The number of hydrogen-bond donors (Lipinski definition) is 0. The smallest absolute Gasteiger partial charge is 0.167 e. The van der Waals surface area contributed by atoms with Crippen molar-refractivity contribution in [3.05, 3.63) is 64.7 Å². The Bertz CT molecular complexity index is 743. The summed E-state index contributed by atoms with van der Waals surface area (Å²) in [6, 6.07) is 15.5. The van der Waals surface area contributed by atoms with Crippen molar-refractivity contribution >= 4 is 17.4 Å². The summed E-state index contributed by atoms with van der Waals surface area (Å²) < 4.78 is 5.89. The molecule has 1 saturated heterocycles. The van der Waals surface area contributed by atoms with E-state index in [4.69, 9.17) is 16.3 Å². The lowest BCUT2D eigenvalue weighted by atomic mass is 9.79. The number of benzene rings is 2. The third-order valence-electron chi connectivity index (χ3n) is 5.05. The van der Waals surface area contributed by atoms with E-state index in [0.29, 0.717) is 11.6 Å². The molecule has 0 aromatic heterocycles. The average molecular weight is 328 g/mol. The second kappa shape index (κ2) is 5.66. The van der Waals surface area contributed by atoms with E-state index in [9.17, 15) is 4.79 Å². The molecular formula is C19H18ClNO2. The first-order chi connectivity index (χ1) is 11.1. The molecule has 3 atom stereocenters. The average Bonchev–Trinajstić information content (AvgIpc) is 2.92. The van der Waals surface area contributed by atoms with Crippen LogP contribution in [0.5, 0.6) is 5.75 Å². The molecule has 0 radical (unpaired) electrons. The summed E-state index contributed by atoms with van der Waals surface area (Å²) in [7, 11) is 2.07. The molecule has 3 nitrogen and oxygen atoms in total. The Hall–Kier alpha value is -1.84. The zero-order chi connectivity index (χ0) is 16.0. The molecule has 0 spiro atoms. The molecule has 2 aliphatic rings. The Morgan fingerprint density at radius 1 is 1.17 bits per heavy atom. The Kier molecular flexibility index (Phi) is 3.63. The molecule has 23 heavy (non-hydrogen) atoms. The Morgan fingerprint density at radius 2 is 1.91 bits per heavy atom. The second-order valence-corrected chi connectivity index (χ2v) is 6.80. The summed E-state index contributed by atoms with van der Waals surface area (Å²) in [6.45, 7) is 1.40. The number of Topliss-reactive ketones (excluding diaryl/α,β-unsaturated/α-hetero) is 1. The molecule has 0 saturated carbocycles. The number of rotatable bonds is 2. The van der Waals surface area contributed by atoms with Crippen molar-refractivity contribution < 1.29 is 9.53 Å². The van der Waals surface area contributed by atoms with Gasteiger partial charge in [-0.05, 0) is 42.9 Å². The number of carbonyl (C=O) groups excluding carboxylic acids is 1. The number of likely N-dealkylation sites (N-methyl/N-ethyl adjacent to an activating group) is 1. The van der Waals surface area contributed by atoms with Crippen LogP contribution in [-0.2, 0) is 0 Å². The summed E-state index contributed by atoms with van der Waals surface area (Å²) in [5, 5.41) is 0.652. The van der Waals surface area contributed by atoms with Crippen LogP contribution in [0.2, 0.25) is 5.02 Å². The highest BCUT2D eigenvalue weighted by atomic mass is 35.5. The van der Waals surface area contributed by atoms with E-state index in [1.807, 2.05) is 30.3 Å². The van der Waals surface area contributed by atoms with Gasteiger partial charge in [0.05, 0.1) is 6.04 Å². The molecular weight excluding hydrogens is 310 g/mol. The van der Waals surface area contributed by atoms with Crippen LogP contribution in [0.1, 0.15) is 21.8 Å². The summed E-state index contributed by atoms with van der Waals surface area (Å²) in [4.78, 5) is 15.3. The quantitative estimate of drug-likeness (QED) is 0.789. The van der Waals surface area contributed by atoms with E-state index in [1.54, 1.807) is 12.1 Å². The van der Waals surface area contributed by atoms with Gasteiger partial charge < -0.3 is 4.74 Å². The molecule has 0 unspecified atom stereocenters. The van der Waals surface area contributed by atoms with E-state index in [-0.39, 0.29) is 23.7 Å². The van der Waals surface area contributed by atoms with E-state index < -0.39 is 0 Å². The lowest BCUT2D eigenvalue weighted by Gasteiger charge is -2.32. The molecule has 118 valence electrons. The van der Waals surface area contributed by atoms with Crippen molar-refractivity contribution in [1.29, 1.82) is 0 Å². The topological polar surface area (TPSA) is 29.5 Å². The second-order valence-electron chi connectivity index (χ2n) is 6.36. The van der Waals surface area contributed by atoms with Gasteiger partial charge in [-0.2, -0.15) is 0 Å². The number of likely N-dealkylation sites (tertiary alicyclic amines) is 1. The van der Waals surface area contributed by atoms with Gasteiger partial charge in [-0.1, -0.05) is 29.8 Å². The molecule has 2 aliphatic heterocycles. The van der Waals surface area contributed by atoms with Crippen molar-refractivity contribution in [3.8, 4) is 5.75 Å². The summed E-state index contributed by atoms with van der Waals surface area (Å²) in [5.74, 6) is 1.25. The van der Waals surface area contributed by atoms with Gasteiger partial charge in [-0.15, -0.1) is 0 Å². The predicted molar refractivity (Wildman–Crippen MR) is 90.4 cm³/mol. The SMILES string of the molecule is CN1C[C@H](C(=O)c2ccc(Cl)cc2)[C@H]2c3ccccc3OC[C@H]21. The Morgan fingerprint density at radius 3 is 2.70 bits per heavy atom. The van der Waals surface area contributed by atoms with Gasteiger partial charge in [0.25, 0.3) is 0 Å². The maximum Gasteiger partial charge on any atom is 0.167 e. The zero-order valence-corrected chi connectivity index (χ0v) is 13.7. The largest absolute Gasteiger partial charge is 0.492 e. The third kappa shape index (κ3) is 2.44. The van der Waals surface area contributed by atoms with Gasteiger partial charge in [0.15, 0.2) is 5.78 Å². The van der Waals surface area contributed by atoms with Crippen LogP contribution in [0, 0.1) is 5.92 Å². The summed E-state index contributed by atoms with van der Waals surface area (Å²) in [5.41, 5.74) is 1.89. The van der Waals surface area contributed by atoms with Crippen LogP contribution < -0.4 is 4.74 Å². The fourth-order valence-corrected chi connectivity index (χ4v) is 4.02. The van der Waals surface area contributed by atoms with Gasteiger partial charge in [0.1, 0.15) is 12.4 Å². The Labute approximate surface area is 140 Å². The summed E-state index contributed by atoms with van der Waals surface area (Å²) >= 11 is 5.94. The first-order valence-corrected chi connectivity index (χ1v) is 8.24. The van der Waals surface area contributed by atoms with Crippen molar-refractivity contribution in [1.82, 2.24) is 4.90 Å². The third-order valence-corrected chi connectivity index (χ3v) is 5.30. The highest BCUT2D eigenvalue weighted by Gasteiger charge is 2.47. The number of halogens is 1. The number of fused-ring (bicyclic) bond motifs is 3. The molecule has 0 aliphatic carbocycles. The van der Waals surface area contributed by atoms with Gasteiger partial charge in [0, 0.05) is 29.0 Å². The van der Waals surface area contributed by atoms with Crippen LogP contribution in [0.3, 0.4) is 0 Å². The van der Waals surface area contributed by atoms with Crippen molar-refractivity contribution in [2.24, 2.45) is 5.92 Å². The predicted octanol–water partition coefficient (Wildman–Crippen LogP) is 3.63. The number of carbonyl (C=O) groups is 1. The van der Waals surface area contributed by atoms with E-state index in [2.05, 4.69) is 18.0 Å². The fourth-order valence-electron chi connectivity index (χ4n) is 3.89. The van der Waals surface area contributed by atoms with Crippen molar-refractivity contribution in [3.63, 3.8) is 0 Å². The number of hydrogen-bond acceptors (Lipinski definition) is 3. The standard InChI is InChI=1S/C19H18ClNO2/c1-21-10-15(19(22)12-6-8-13(20)9-7-12)18-14-4-2-3-5-17(14)23-11-16(18)21/h2-9,15-16,18H,10-11H2,1H3/t15-,16+,18+/m0/s1. The van der Waals surface area contributed by atoms with Gasteiger partial charge in [-0.25, -0.2) is 0 Å². The highest BCUT2D eigenvalue weighted by Crippen LogP contribution is 2.45. The van der Waals surface area contributed by atoms with E-state index in [1.165, 1.54) is 0 Å². The highest BCUT2D eigenvalue weighted by molar-refractivity contribution is 6.30. The molecule has 4 rings (SSSR count). The van der Waals surface area contributed by atoms with Crippen LogP contribution in [0.15, 0.2) is 48.5 Å². The number of ketones is 1. The zero-order valence-electron chi connectivity index (χ0n) is 12.9. The lowest BCUT2D eigenvalue weighted by molar-refractivity contribution is 0.0910. The normalized spacial score (nSPS) is 26.3. The van der Waals surface area contributed by atoms with Crippen LogP contribution in [-0.4, -0.2) is 36.9 Å². The first kappa shape index (κ1) is 14.7. The minimum absolute atomic E-state index is 0.0452. The molecule has 2 aromatic rings. The molecule has 0 amide bonds. The van der Waals surface area contributed by atoms with Gasteiger partial charge in [0.2, 0.25) is 0 Å². The molecule has 1 fully saturated rings. The first-order valence-electron chi connectivity index (χ1n) is 7.87. The van der Waals surface area contributed by atoms with Crippen molar-refractivity contribution in [2.45, 2.75) is 12.0 Å². The molecule has 2 aromatic carbocycles. The maximum absolute atomic E-state index is 13.1. The number of ether oxygens (including phenoxy) is 1. The van der Waals surface area contributed by atoms with Gasteiger partial charge in [-0.3, -0.25) is 9.69 Å². The van der Waals surface area contributed by atoms with E-state index >= 15 is 0 Å². The van der Waals surface area contributed by atoms with Crippen molar-refractivity contribution in [2.75, 3.05) is 20.2 Å². The number of para-hydroxylation sites is 1. The van der Waals surface area contributed by atoms with Crippen LogP contribution >= 0.6 is 11.6 Å². The minimum Gasteiger partial charge on any atom is -0.492 e. The Balaban J connectivity index is 1.72. The minimum atomic E-state index is -0.0452. The molecule has 2 heterocycles. The summed E-state index contributed by atoms with van der Waals surface area (Å²) in [6.07, 6.45) is 0. The molecule has 4 heteroatoms. The van der Waals surface area contributed by atoms with Gasteiger partial charge >= 0.3 is 0 Å². The number of nitrogens with zero attached hydrogens (tertiary/aromatic N) is 1. The monoisotopic (exact) mass is 327 g/mol. The van der Waals surface area contributed by atoms with Crippen LogP contribution in [0.4, 0.5) is 0 Å². The van der Waals surface area contributed by atoms with E-state index in [0.717, 1.165) is 23.4 Å². The molecule has 0 bridgehead atoms. The maximum atomic E-state index is 13.1. The lowest BCUT2D eigenvalue weighted by Crippen LogP contribution is -2.37. The fraction of sp³-hybridized carbons (Fsp3) is 0.316.